The van der Waals surface area contributed by atoms with E-state index in [2.05, 4.69) is 0 Å². The van der Waals surface area contributed by atoms with Gasteiger partial charge in [-0.3, -0.25) is 4.79 Å². The number of anilines is 1. The first kappa shape index (κ1) is 14.1. The number of carboxylic acids is 1. The summed E-state index contributed by atoms with van der Waals surface area (Å²) in [5, 5.41) is 9.77. The molecule has 0 heterocycles. The third kappa shape index (κ3) is 2.27. The Bertz CT molecular complexity index is 647. The molecule has 0 aliphatic rings. The van der Waals surface area contributed by atoms with E-state index in [0.29, 0.717) is 5.69 Å². The molecule has 0 amide bonds. The second-order valence-electron chi connectivity index (χ2n) is 5.37. The van der Waals surface area contributed by atoms with E-state index in [1.807, 2.05) is 32.0 Å². The number of aliphatic carboxylic acids is 1. The Hall–Kier alpha value is -2.29. The number of carbonyl (C=O) groups is 1. The van der Waals surface area contributed by atoms with E-state index in [-0.39, 0.29) is 0 Å². The number of hydrogen-bond donors (Lipinski definition) is 2. The van der Waals surface area contributed by atoms with Crippen molar-refractivity contribution >= 4 is 11.7 Å². The van der Waals surface area contributed by atoms with E-state index in [1.54, 1.807) is 31.2 Å². The molecule has 20 heavy (non-hydrogen) atoms. The molecule has 0 aliphatic carbocycles. The Kier molecular flexibility index (Phi) is 3.53. The Balaban J connectivity index is 2.66. The van der Waals surface area contributed by atoms with Gasteiger partial charge in [-0.15, -0.1) is 0 Å². The van der Waals surface area contributed by atoms with Crippen molar-refractivity contribution in [3.8, 4) is 0 Å². The molecule has 1 atom stereocenters. The van der Waals surface area contributed by atoms with Crippen LogP contribution in [0.4, 0.5) is 5.69 Å². The zero-order valence-corrected chi connectivity index (χ0v) is 12.0. The lowest BCUT2D eigenvalue weighted by Gasteiger charge is -2.28. The fourth-order valence-corrected chi connectivity index (χ4v) is 2.59. The fraction of sp³-hybridized carbons (Fsp3) is 0.235. The second kappa shape index (κ2) is 5.00. The molecule has 3 heteroatoms. The van der Waals surface area contributed by atoms with E-state index in [9.17, 15) is 9.90 Å². The van der Waals surface area contributed by atoms with Crippen molar-refractivity contribution in [2.75, 3.05) is 5.73 Å². The molecule has 0 fully saturated rings. The van der Waals surface area contributed by atoms with Crippen LogP contribution in [-0.4, -0.2) is 11.1 Å². The molecule has 0 aromatic heterocycles. The Morgan fingerprint density at radius 2 is 1.70 bits per heavy atom. The first-order valence-corrected chi connectivity index (χ1v) is 6.53. The van der Waals surface area contributed by atoms with Gasteiger partial charge in [0, 0.05) is 5.69 Å². The van der Waals surface area contributed by atoms with E-state index in [4.69, 9.17) is 5.73 Å². The molecule has 2 rings (SSSR count). The van der Waals surface area contributed by atoms with Crippen molar-refractivity contribution in [1.29, 1.82) is 0 Å². The van der Waals surface area contributed by atoms with Crippen LogP contribution in [0.15, 0.2) is 42.5 Å². The monoisotopic (exact) mass is 269 g/mol. The van der Waals surface area contributed by atoms with Crippen LogP contribution in [0, 0.1) is 13.8 Å². The van der Waals surface area contributed by atoms with Gasteiger partial charge in [-0.05, 0) is 49.6 Å². The highest BCUT2D eigenvalue weighted by Gasteiger charge is 2.38. The normalized spacial score (nSPS) is 13.8. The third-order valence-corrected chi connectivity index (χ3v) is 3.84. The fourth-order valence-electron chi connectivity index (χ4n) is 2.59. The number of nitrogens with two attached hydrogens (primary N) is 1. The van der Waals surface area contributed by atoms with Gasteiger partial charge >= 0.3 is 5.97 Å². The first-order chi connectivity index (χ1) is 9.35. The summed E-state index contributed by atoms with van der Waals surface area (Å²) in [5.74, 6) is -0.866. The molecular weight excluding hydrogens is 250 g/mol. The Morgan fingerprint density at radius 3 is 2.20 bits per heavy atom. The van der Waals surface area contributed by atoms with Crippen molar-refractivity contribution in [3.63, 3.8) is 0 Å². The van der Waals surface area contributed by atoms with E-state index in [0.717, 1.165) is 22.3 Å². The van der Waals surface area contributed by atoms with Crippen molar-refractivity contribution in [1.82, 2.24) is 0 Å². The minimum absolute atomic E-state index is 0.627. The standard InChI is InChI=1S/C17H19NO2/c1-11-4-9-15(12(2)10-11)17(3,16(19)20)13-5-7-14(18)8-6-13/h4-10H,18H2,1-3H3,(H,19,20). The Morgan fingerprint density at radius 1 is 1.10 bits per heavy atom. The van der Waals surface area contributed by atoms with Crippen LogP contribution in [0.25, 0.3) is 0 Å². The highest BCUT2D eigenvalue weighted by molar-refractivity contribution is 5.86. The zero-order chi connectivity index (χ0) is 14.9. The van der Waals surface area contributed by atoms with Gasteiger partial charge < -0.3 is 10.8 Å². The smallest absolute Gasteiger partial charge is 0.318 e. The maximum Gasteiger partial charge on any atom is 0.318 e. The summed E-state index contributed by atoms with van der Waals surface area (Å²) >= 11 is 0. The summed E-state index contributed by atoms with van der Waals surface area (Å²) in [5.41, 5.74) is 8.87. The summed E-state index contributed by atoms with van der Waals surface area (Å²) in [6.07, 6.45) is 0. The predicted molar refractivity (Wildman–Crippen MR) is 80.9 cm³/mol. The van der Waals surface area contributed by atoms with Gasteiger partial charge in [-0.1, -0.05) is 35.9 Å². The van der Waals surface area contributed by atoms with Crippen LogP contribution < -0.4 is 5.73 Å². The van der Waals surface area contributed by atoms with Crippen LogP contribution in [0.2, 0.25) is 0 Å². The number of aryl methyl sites for hydroxylation is 2. The lowest BCUT2D eigenvalue weighted by atomic mass is 9.74. The summed E-state index contributed by atoms with van der Waals surface area (Å²) < 4.78 is 0. The largest absolute Gasteiger partial charge is 0.480 e. The predicted octanol–water partition coefficient (Wildman–Crippen LogP) is 3.28. The van der Waals surface area contributed by atoms with Crippen LogP contribution in [-0.2, 0) is 10.2 Å². The summed E-state index contributed by atoms with van der Waals surface area (Å²) in [4.78, 5) is 11.9. The molecule has 0 saturated heterocycles. The first-order valence-electron chi connectivity index (χ1n) is 6.53. The third-order valence-electron chi connectivity index (χ3n) is 3.84. The number of nitrogen functional groups attached to an aromatic ring is 1. The molecule has 1 unspecified atom stereocenters. The van der Waals surface area contributed by atoms with Gasteiger partial charge in [-0.2, -0.15) is 0 Å². The molecule has 2 aromatic carbocycles. The minimum Gasteiger partial charge on any atom is -0.480 e. The number of rotatable bonds is 3. The number of benzene rings is 2. The Labute approximate surface area is 119 Å². The number of carboxylic acid groups (broad SMARTS) is 1. The van der Waals surface area contributed by atoms with E-state index < -0.39 is 11.4 Å². The lowest BCUT2D eigenvalue weighted by Crippen LogP contribution is -2.34. The van der Waals surface area contributed by atoms with E-state index >= 15 is 0 Å². The highest BCUT2D eigenvalue weighted by atomic mass is 16.4. The van der Waals surface area contributed by atoms with Gasteiger partial charge in [0.15, 0.2) is 0 Å². The van der Waals surface area contributed by atoms with Gasteiger partial charge in [0.1, 0.15) is 5.41 Å². The lowest BCUT2D eigenvalue weighted by molar-refractivity contribution is -0.141. The molecule has 0 radical (unpaired) electrons. The molecule has 3 nitrogen and oxygen atoms in total. The quantitative estimate of drug-likeness (QED) is 0.840. The molecule has 0 bridgehead atoms. The van der Waals surface area contributed by atoms with Gasteiger partial charge in [0.2, 0.25) is 0 Å². The van der Waals surface area contributed by atoms with Crippen molar-refractivity contribution in [2.45, 2.75) is 26.2 Å². The van der Waals surface area contributed by atoms with Crippen molar-refractivity contribution in [2.24, 2.45) is 0 Å². The number of hydrogen-bond acceptors (Lipinski definition) is 2. The van der Waals surface area contributed by atoms with Crippen molar-refractivity contribution in [3.05, 3.63) is 64.7 Å². The van der Waals surface area contributed by atoms with Gasteiger partial charge in [0.05, 0.1) is 0 Å². The van der Waals surface area contributed by atoms with Gasteiger partial charge in [-0.25, -0.2) is 0 Å². The average Bonchev–Trinajstić information content (AvgIpc) is 2.38. The highest BCUT2D eigenvalue weighted by Crippen LogP contribution is 2.35. The summed E-state index contributed by atoms with van der Waals surface area (Å²) in [7, 11) is 0. The van der Waals surface area contributed by atoms with Crippen LogP contribution in [0.5, 0.6) is 0 Å². The molecule has 2 aromatic rings. The van der Waals surface area contributed by atoms with Crippen LogP contribution in [0.1, 0.15) is 29.2 Å². The maximum atomic E-state index is 11.9. The van der Waals surface area contributed by atoms with Crippen LogP contribution >= 0.6 is 0 Å². The van der Waals surface area contributed by atoms with E-state index in [1.165, 1.54) is 0 Å². The minimum atomic E-state index is -1.08. The SMILES string of the molecule is Cc1ccc(C(C)(C(=O)O)c2ccc(N)cc2)c(C)c1. The van der Waals surface area contributed by atoms with Crippen molar-refractivity contribution < 1.29 is 9.90 Å². The molecule has 0 aliphatic heterocycles. The molecule has 0 spiro atoms. The topological polar surface area (TPSA) is 63.3 Å². The maximum absolute atomic E-state index is 11.9. The second-order valence-corrected chi connectivity index (χ2v) is 5.37. The zero-order valence-electron chi connectivity index (χ0n) is 12.0. The van der Waals surface area contributed by atoms with Gasteiger partial charge in [0.25, 0.3) is 0 Å². The summed E-state index contributed by atoms with van der Waals surface area (Å²) in [6.45, 7) is 5.68. The molecule has 104 valence electrons. The average molecular weight is 269 g/mol. The molecule has 0 saturated carbocycles. The molecular formula is C17H19NO2. The summed E-state index contributed by atoms with van der Waals surface area (Å²) in [6, 6.07) is 12.9. The molecule has 3 N–H and O–H groups in total. The van der Waals surface area contributed by atoms with Crippen LogP contribution in [0.3, 0.4) is 0 Å².